The summed E-state index contributed by atoms with van der Waals surface area (Å²) >= 11 is 1.56. The van der Waals surface area contributed by atoms with Crippen LogP contribution in [0, 0.1) is 6.92 Å². The van der Waals surface area contributed by atoms with Gasteiger partial charge in [0.15, 0.2) is 9.84 Å². The lowest BCUT2D eigenvalue weighted by Crippen LogP contribution is -2.54. The molecule has 4 rings (SSSR count). The van der Waals surface area contributed by atoms with E-state index in [1.165, 1.54) is 7.11 Å². The van der Waals surface area contributed by atoms with Crippen molar-refractivity contribution in [3.8, 4) is 0 Å². The van der Waals surface area contributed by atoms with E-state index < -0.39 is 26.6 Å². The van der Waals surface area contributed by atoms with Gasteiger partial charge in [-0.3, -0.25) is 9.59 Å². The summed E-state index contributed by atoms with van der Waals surface area (Å²) in [5, 5.41) is 5.45. The van der Waals surface area contributed by atoms with Gasteiger partial charge in [0.2, 0.25) is 0 Å². The highest BCUT2D eigenvalue weighted by molar-refractivity contribution is 7.92. The Morgan fingerprint density at radius 3 is 2.64 bits per heavy atom. The summed E-state index contributed by atoms with van der Waals surface area (Å²) in [5.74, 6) is -0.613. The predicted molar refractivity (Wildman–Crippen MR) is 141 cm³/mol. The van der Waals surface area contributed by atoms with Crippen LogP contribution in [0.5, 0.6) is 0 Å². The molecule has 1 aliphatic heterocycles. The van der Waals surface area contributed by atoms with E-state index in [0.717, 1.165) is 30.0 Å². The number of methoxy groups -OCH3 is 1. The molecule has 1 unspecified atom stereocenters. The van der Waals surface area contributed by atoms with Crippen molar-refractivity contribution in [2.45, 2.75) is 80.6 Å². The second-order valence-electron chi connectivity index (χ2n) is 9.84. The number of anilines is 1. The number of unbranched alkanes of at least 4 members (excludes halogenated alkanes) is 1. The van der Waals surface area contributed by atoms with E-state index >= 15 is 0 Å². The number of thiophene rings is 1. The van der Waals surface area contributed by atoms with Crippen LogP contribution in [0.3, 0.4) is 0 Å². The zero-order chi connectivity index (χ0) is 26.1. The summed E-state index contributed by atoms with van der Waals surface area (Å²) in [6.45, 7) is 4.84. The minimum absolute atomic E-state index is 0.115. The number of hydrogen-bond acceptors (Lipinski definition) is 8. The van der Waals surface area contributed by atoms with Gasteiger partial charge in [0, 0.05) is 13.0 Å². The number of carbonyl (C=O) groups excluding carboxylic acids is 2. The van der Waals surface area contributed by atoms with Crippen molar-refractivity contribution < 1.29 is 22.7 Å². The fourth-order valence-corrected chi connectivity index (χ4v) is 8.40. The van der Waals surface area contributed by atoms with E-state index in [1.54, 1.807) is 23.5 Å². The van der Waals surface area contributed by atoms with Crippen LogP contribution < -0.4 is 16.0 Å². The van der Waals surface area contributed by atoms with Gasteiger partial charge in [-0.1, -0.05) is 31.5 Å². The second kappa shape index (κ2) is 10.5. The highest BCUT2D eigenvalue weighted by Gasteiger charge is 2.43. The van der Waals surface area contributed by atoms with Crippen LogP contribution in [-0.2, 0) is 25.8 Å². The predicted octanol–water partition coefficient (Wildman–Crippen LogP) is 3.56. The molecule has 2 heterocycles. The first-order valence-electron chi connectivity index (χ1n) is 12.5. The Hall–Kier alpha value is -2.43. The van der Waals surface area contributed by atoms with Gasteiger partial charge >= 0.3 is 5.97 Å². The van der Waals surface area contributed by atoms with Crippen molar-refractivity contribution in [2.24, 2.45) is 5.73 Å². The topological polar surface area (TPSA) is 119 Å². The molecule has 0 saturated heterocycles. The smallest absolute Gasteiger partial charge is 0.325 e. The van der Waals surface area contributed by atoms with Gasteiger partial charge in [-0.25, -0.2) is 8.42 Å². The molecule has 1 aromatic heterocycles. The molecule has 1 fully saturated rings. The summed E-state index contributed by atoms with van der Waals surface area (Å²) in [7, 11) is -2.37. The lowest BCUT2D eigenvalue weighted by Gasteiger charge is -2.38. The van der Waals surface area contributed by atoms with Crippen molar-refractivity contribution in [2.75, 3.05) is 18.6 Å². The van der Waals surface area contributed by atoms with Crippen molar-refractivity contribution in [1.82, 2.24) is 5.32 Å². The average molecular weight is 534 g/mol. The van der Waals surface area contributed by atoms with Crippen LogP contribution in [-0.4, -0.2) is 50.9 Å². The maximum Gasteiger partial charge on any atom is 0.325 e. The molecule has 196 valence electrons. The molecule has 1 saturated carbocycles. The number of rotatable bonds is 8. The maximum atomic E-state index is 13.8. The molecule has 2 aliphatic rings. The summed E-state index contributed by atoms with van der Waals surface area (Å²) in [4.78, 5) is 27.5. The molecule has 36 heavy (non-hydrogen) atoms. The largest absolute Gasteiger partial charge is 0.468 e. The fourth-order valence-electron chi connectivity index (χ4n) is 5.27. The van der Waals surface area contributed by atoms with Gasteiger partial charge in [-0.2, -0.15) is 0 Å². The Bertz CT molecular complexity index is 1230. The molecule has 1 aliphatic carbocycles. The molecule has 1 atom stereocenters. The number of nitrogens with two attached hydrogens (primary N) is 1. The SMILES string of the molecule is CCCCN1c2scc(C)c2C(=O)NC1Cc1ccccc1S(=O)(=O)C1CCC(N)(C(=O)OC)CC1. The van der Waals surface area contributed by atoms with Gasteiger partial charge in [0.25, 0.3) is 5.91 Å². The van der Waals surface area contributed by atoms with Crippen molar-refractivity contribution in [3.63, 3.8) is 0 Å². The van der Waals surface area contributed by atoms with Gasteiger partial charge in [-0.05, 0) is 61.6 Å². The molecule has 8 nitrogen and oxygen atoms in total. The summed E-state index contributed by atoms with van der Waals surface area (Å²) in [6, 6.07) is 7.04. The summed E-state index contributed by atoms with van der Waals surface area (Å²) in [5.41, 5.74) is 7.42. The highest BCUT2D eigenvalue weighted by atomic mass is 32.2. The quantitative estimate of drug-likeness (QED) is 0.498. The van der Waals surface area contributed by atoms with E-state index in [1.807, 2.05) is 24.4 Å². The number of nitrogens with one attached hydrogen (secondary N) is 1. The first-order valence-corrected chi connectivity index (χ1v) is 14.9. The number of sulfone groups is 1. The summed E-state index contributed by atoms with van der Waals surface area (Å²) < 4.78 is 32.4. The van der Waals surface area contributed by atoms with Gasteiger partial charge in [0.05, 0.1) is 22.8 Å². The van der Waals surface area contributed by atoms with E-state index in [9.17, 15) is 18.0 Å². The first kappa shape index (κ1) is 26.6. The maximum absolute atomic E-state index is 13.8. The van der Waals surface area contributed by atoms with Crippen molar-refractivity contribution in [3.05, 3.63) is 46.3 Å². The number of amides is 1. The van der Waals surface area contributed by atoms with Crippen LogP contribution in [0.2, 0.25) is 0 Å². The van der Waals surface area contributed by atoms with Crippen molar-refractivity contribution >= 4 is 38.1 Å². The Morgan fingerprint density at radius 2 is 1.97 bits per heavy atom. The molecule has 0 bridgehead atoms. The number of hydrogen-bond donors (Lipinski definition) is 2. The zero-order valence-electron chi connectivity index (χ0n) is 21.1. The third kappa shape index (κ3) is 4.90. The third-order valence-corrected chi connectivity index (χ3v) is 10.9. The Labute approximate surface area is 217 Å². The van der Waals surface area contributed by atoms with E-state index in [-0.39, 0.29) is 29.8 Å². The molecule has 1 aromatic carbocycles. The van der Waals surface area contributed by atoms with Gasteiger partial charge in [-0.15, -0.1) is 11.3 Å². The second-order valence-corrected chi connectivity index (χ2v) is 12.9. The van der Waals surface area contributed by atoms with E-state index in [2.05, 4.69) is 17.1 Å². The van der Waals surface area contributed by atoms with Crippen LogP contribution in [0.15, 0.2) is 34.5 Å². The Kier molecular flexibility index (Phi) is 7.78. The molecule has 10 heteroatoms. The Morgan fingerprint density at radius 1 is 1.28 bits per heavy atom. The monoisotopic (exact) mass is 533 g/mol. The number of nitrogens with zero attached hydrogens (tertiary/aromatic N) is 1. The van der Waals surface area contributed by atoms with E-state index in [0.29, 0.717) is 30.4 Å². The zero-order valence-corrected chi connectivity index (χ0v) is 22.7. The third-order valence-electron chi connectivity index (χ3n) is 7.42. The number of benzene rings is 1. The average Bonchev–Trinajstić information content (AvgIpc) is 3.25. The number of carbonyl (C=O) groups is 2. The van der Waals surface area contributed by atoms with Crippen LogP contribution in [0.1, 0.15) is 66.9 Å². The van der Waals surface area contributed by atoms with Crippen LogP contribution in [0.4, 0.5) is 5.00 Å². The standard InChI is InChI=1S/C26H35N3O5S2/c1-4-5-14-29-21(28-23(30)22-17(2)16-35-24(22)29)15-18-8-6-7-9-20(18)36(32,33)19-10-12-26(27,13-11-19)25(31)34-3/h6-9,16,19,21H,4-5,10-15,27H2,1-3H3,(H,28,30). The van der Waals surface area contributed by atoms with Crippen LogP contribution >= 0.6 is 11.3 Å². The molecule has 3 N–H and O–H groups in total. The molecular formula is C26H35N3O5S2. The molecule has 0 spiro atoms. The minimum atomic E-state index is -3.67. The molecule has 0 radical (unpaired) electrons. The normalized spacial score (nSPS) is 24.2. The molecule has 2 aromatic rings. The van der Waals surface area contributed by atoms with Gasteiger partial charge in [0.1, 0.15) is 16.7 Å². The van der Waals surface area contributed by atoms with E-state index in [4.69, 9.17) is 10.5 Å². The lowest BCUT2D eigenvalue weighted by atomic mass is 9.82. The minimum Gasteiger partial charge on any atom is -0.468 e. The Balaban J connectivity index is 1.60. The first-order chi connectivity index (χ1) is 17.1. The van der Waals surface area contributed by atoms with Crippen LogP contribution in [0.25, 0.3) is 0 Å². The summed E-state index contributed by atoms with van der Waals surface area (Å²) in [6.07, 6.45) is 3.12. The molecular weight excluding hydrogens is 498 g/mol. The number of aryl methyl sites for hydroxylation is 1. The van der Waals surface area contributed by atoms with Crippen molar-refractivity contribution in [1.29, 1.82) is 0 Å². The fraction of sp³-hybridized carbons (Fsp3) is 0.538. The lowest BCUT2D eigenvalue weighted by molar-refractivity contribution is -0.148. The molecule has 1 amide bonds. The number of esters is 1. The van der Waals surface area contributed by atoms with Gasteiger partial charge < -0.3 is 20.7 Å². The number of ether oxygens (including phenoxy) is 1. The number of fused-ring (bicyclic) bond motifs is 1. The highest BCUT2D eigenvalue weighted by Crippen LogP contribution is 2.38.